The minimum absolute atomic E-state index is 0.0890. The van der Waals surface area contributed by atoms with Gasteiger partial charge in [-0.2, -0.15) is 0 Å². The number of hydrogen-bond donors (Lipinski definition) is 2. The quantitative estimate of drug-likeness (QED) is 0.629. The van der Waals surface area contributed by atoms with E-state index in [0.717, 1.165) is 17.7 Å². The molecule has 2 aromatic rings. The molecule has 2 atom stereocenters. The molecule has 33 heavy (non-hydrogen) atoms. The highest BCUT2D eigenvalue weighted by Gasteiger charge is 2.29. The summed E-state index contributed by atoms with van der Waals surface area (Å²) in [5.74, 6) is -0.0371. The topological polar surface area (TPSA) is 97.0 Å². The Morgan fingerprint density at radius 3 is 2.36 bits per heavy atom. The van der Waals surface area contributed by atoms with Crippen LogP contribution in [0, 0.1) is 12.8 Å². The first kappa shape index (κ1) is 24.1. The van der Waals surface area contributed by atoms with Gasteiger partial charge in [0.2, 0.25) is 5.91 Å². The number of nitrogens with zero attached hydrogens (tertiary/aromatic N) is 1. The maximum absolute atomic E-state index is 12.8. The van der Waals surface area contributed by atoms with Gasteiger partial charge in [-0.3, -0.25) is 25.2 Å². The Hall–Kier alpha value is -3.55. The summed E-state index contributed by atoms with van der Waals surface area (Å²) in [6.07, 6.45) is 0.563. The highest BCUT2D eigenvalue weighted by atomic mass is 16.5. The molecule has 8 nitrogen and oxygen atoms in total. The molecule has 1 fully saturated rings. The summed E-state index contributed by atoms with van der Waals surface area (Å²) in [7, 11) is 0. The molecule has 1 aliphatic heterocycles. The lowest BCUT2D eigenvalue weighted by atomic mass is 9.96. The molecular weight excluding hydrogens is 422 g/mol. The molecule has 0 aromatic heterocycles. The minimum Gasteiger partial charge on any atom is -0.494 e. The van der Waals surface area contributed by atoms with Crippen LogP contribution >= 0.6 is 0 Å². The molecule has 0 aliphatic carbocycles. The van der Waals surface area contributed by atoms with Gasteiger partial charge in [-0.1, -0.05) is 17.7 Å². The SMILES string of the molecule is CCOc1ccc(OC(C)C(=O)NNC(=O)C2CCCN(C(=O)c3ccc(C)cc3)C2)cc1. The maximum atomic E-state index is 12.8. The molecule has 0 spiro atoms. The van der Waals surface area contributed by atoms with Crippen molar-refractivity contribution in [1.82, 2.24) is 15.8 Å². The van der Waals surface area contributed by atoms with Crippen LogP contribution < -0.4 is 20.3 Å². The third-order valence-electron chi connectivity index (χ3n) is 5.50. The van der Waals surface area contributed by atoms with Gasteiger partial charge in [0.25, 0.3) is 11.8 Å². The zero-order valence-electron chi connectivity index (χ0n) is 19.3. The number of likely N-dealkylation sites (tertiary alicyclic amines) is 1. The molecule has 176 valence electrons. The molecule has 1 heterocycles. The summed E-state index contributed by atoms with van der Waals surface area (Å²) in [6, 6.07) is 14.3. The van der Waals surface area contributed by atoms with Crippen LogP contribution in [-0.2, 0) is 9.59 Å². The molecule has 2 aromatic carbocycles. The molecule has 0 saturated carbocycles. The van der Waals surface area contributed by atoms with Gasteiger partial charge < -0.3 is 14.4 Å². The van der Waals surface area contributed by atoms with Crippen LogP contribution in [0.3, 0.4) is 0 Å². The number of ether oxygens (including phenoxy) is 2. The van der Waals surface area contributed by atoms with E-state index in [4.69, 9.17) is 9.47 Å². The van der Waals surface area contributed by atoms with Crippen molar-refractivity contribution in [2.45, 2.75) is 39.7 Å². The van der Waals surface area contributed by atoms with Crippen LogP contribution in [-0.4, -0.2) is 48.4 Å². The zero-order valence-corrected chi connectivity index (χ0v) is 19.3. The molecule has 2 N–H and O–H groups in total. The lowest BCUT2D eigenvalue weighted by molar-refractivity contribution is -0.135. The summed E-state index contributed by atoms with van der Waals surface area (Å²) < 4.78 is 11.0. The number of benzene rings is 2. The number of carbonyl (C=O) groups excluding carboxylic acids is 3. The fourth-order valence-electron chi connectivity index (χ4n) is 3.62. The van der Waals surface area contributed by atoms with E-state index in [9.17, 15) is 14.4 Å². The lowest BCUT2D eigenvalue weighted by Gasteiger charge is -2.32. The Balaban J connectivity index is 1.47. The Bertz CT molecular complexity index is 959. The van der Waals surface area contributed by atoms with Gasteiger partial charge in [0.05, 0.1) is 12.5 Å². The average Bonchev–Trinajstić information content (AvgIpc) is 2.83. The molecular formula is C25H31N3O5. The number of amides is 3. The summed E-state index contributed by atoms with van der Waals surface area (Å²) in [5.41, 5.74) is 6.59. The Morgan fingerprint density at radius 2 is 1.70 bits per heavy atom. The van der Waals surface area contributed by atoms with Crippen molar-refractivity contribution in [2.75, 3.05) is 19.7 Å². The smallest absolute Gasteiger partial charge is 0.279 e. The van der Waals surface area contributed by atoms with Gasteiger partial charge in [0.15, 0.2) is 6.10 Å². The number of carbonyl (C=O) groups is 3. The van der Waals surface area contributed by atoms with Crippen molar-refractivity contribution in [1.29, 1.82) is 0 Å². The van der Waals surface area contributed by atoms with Crippen LogP contribution in [0.5, 0.6) is 11.5 Å². The summed E-state index contributed by atoms with van der Waals surface area (Å²) in [5, 5.41) is 0. The van der Waals surface area contributed by atoms with E-state index in [0.29, 0.717) is 37.4 Å². The number of rotatable bonds is 7. The van der Waals surface area contributed by atoms with Gasteiger partial charge in [-0.15, -0.1) is 0 Å². The number of piperidine rings is 1. The Morgan fingerprint density at radius 1 is 1.03 bits per heavy atom. The molecule has 3 rings (SSSR count). The van der Waals surface area contributed by atoms with Gasteiger partial charge in [0.1, 0.15) is 11.5 Å². The van der Waals surface area contributed by atoms with Crippen molar-refractivity contribution < 1.29 is 23.9 Å². The lowest BCUT2D eigenvalue weighted by Crippen LogP contribution is -2.52. The summed E-state index contributed by atoms with van der Waals surface area (Å²) in [4.78, 5) is 39.4. The van der Waals surface area contributed by atoms with E-state index in [-0.39, 0.29) is 11.8 Å². The fraction of sp³-hybridized carbons (Fsp3) is 0.400. The van der Waals surface area contributed by atoms with Gasteiger partial charge in [0, 0.05) is 18.7 Å². The second-order valence-corrected chi connectivity index (χ2v) is 8.10. The Kier molecular flexibility index (Phi) is 8.29. The molecule has 1 aliphatic rings. The zero-order chi connectivity index (χ0) is 23.8. The van der Waals surface area contributed by atoms with Crippen LogP contribution in [0.1, 0.15) is 42.6 Å². The van der Waals surface area contributed by atoms with E-state index in [1.807, 2.05) is 26.0 Å². The number of hydrazine groups is 1. The predicted molar refractivity (Wildman–Crippen MR) is 124 cm³/mol. The monoisotopic (exact) mass is 453 g/mol. The van der Waals surface area contributed by atoms with E-state index in [2.05, 4.69) is 10.9 Å². The normalized spacial score (nSPS) is 16.5. The van der Waals surface area contributed by atoms with Crippen molar-refractivity contribution in [2.24, 2.45) is 5.92 Å². The van der Waals surface area contributed by atoms with Crippen molar-refractivity contribution in [3.05, 3.63) is 59.7 Å². The number of hydrogen-bond acceptors (Lipinski definition) is 5. The van der Waals surface area contributed by atoms with E-state index < -0.39 is 17.9 Å². The standard InChI is InChI=1S/C25H31N3O5/c1-4-32-21-11-13-22(14-12-21)33-18(3)23(29)26-27-24(30)20-6-5-15-28(16-20)25(31)19-9-7-17(2)8-10-19/h7-14,18,20H,4-6,15-16H2,1-3H3,(H,26,29)(H,27,30). The van der Waals surface area contributed by atoms with Crippen molar-refractivity contribution >= 4 is 17.7 Å². The van der Waals surface area contributed by atoms with Crippen LogP contribution in [0.15, 0.2) is 48.5 Å². The summed E-state index contributed by atoms with van der Waals surface area (Å²) >= 11 is 0. The number of nitrogens with one attached hydrogen (secondary N) is 2. The molecule has 8 heteroatoms. The third-order valence-corrected chi connectivity index (χ3v) is 5.50. The van der Waals surface area contributed by atoms with Gasteiger partial charge >= 0.3 is 0 Å². The molecule has 0 bridgehead atoms. The van der Waals surface area contributed by atoms with Crippen LogP contribution in [0.2, 0.25) is 0 Å². The third kappa shape index (κ3) is 6.71. The van der Waals surface area contributed by atoms with Crippen LogP contribution in [0.4, 0.5) is 0 Å². The second-order valence-electron chi connectivity index (χ2n) is 8.10. The average molecular weight is 454 g/mol. The van der Waals surface area contributed by atoms with Crippen molar-refractivity contribution in [3.63, 3.8) is 0 Å². The maximum Gasteiger partial charge on any atom is 0.279 e. The van der Waals surface area contributed by atoms with Crippen LogP contribution in [0.25, 0.3) is 0 Å². The summed E-state index contributed by atoms with van der Waals surface area (Å²) in [6.45, 7) is 6.95. The predicted octanol–water partition coefficient (Wildman–Crippen LogP) is 2.86. The first-order valence-electron chi connectivity index (χ1n) is 11.2. The minimum atomic E-state index is -0.811. The van der Waals surface area contributed by atoms with E-state index in [1.165, 1.54) is 0 Å². The van der Waals surface area contributed by atoms with Gasteiger partial charge in [-0.05, 0) is 70.0 Å². The molecule has 3 amide bonds. The molecule has 2 unspecified atom stereocenters. The largest absolute Gasteiger partial charge is 0.494 e. The molecule has 1 saturated heterocycles. The second kappa shape index (κ2) is 11.4. The van der Waals surface area contributed by atoms with E-state index in [1.54, 1.807) is 48.2 Å². The highest BCUT2D eigenvalue weighted by Crippen LogP contribution is 2.20. The molecule has 0 radical (unpaired) electrons. The van der Waals surface area contributed by atoms with Crippen molar-refractivity contribution in [3.8, 4) is 11.5 Å². The van der Waals surface area contributed by atoms with Gasteiger partial charge in [-0.25, -0.2) is 0 Å². The fourth-order valence-corrected chi connectivity index (χ4v) is 3.62. The van der Waals surface area contributed by atoms with E-state index >= 15 is 0 Å². The number of aryl methyl sites for hydroxylation is 1. The first-order valence-corrected chi connectivity index (χ1v) is 11.2. The first-order chi connectivity index (χ1) is 15.9. The highest BCUT2D eigenvalue weighted by molar-refractivity contribution is 5.95. The Labute approximate surface area is 194 Å².